The minimum Gasteiger partial charge on any atom is -0.489 e. The molecule has 0 saturated carbocycles. The zero-order valence-corrected chi connectivity index (χ0v) is 18.8. The highest BCUT2D eigenvalue weighted by Gasteiger charge is 2.41. The SMILES string of the molecule is CNC(=O)c1cc(C(=O)NCC[C@@H]2CCNCC2(F)F)cc2c1O[C@H](C)[C@H]2c1ccccc1. The minimum absolute atomic E-state index is 0.134. The van der Waals surface area contributed by atoms with Crippen molar-refractivity contribution in [2.45, 2.75) is 37.7 Å². The molecule has 4 rings (SSSR count). The summed E-state index contributed by atoms with van der Waals surface area (Å²) in [5.74, 6) is -3.95. The van der Waals surface area contributed by atoms with Gasteiger partial charge in [-0.25, -0.2) is 8.78 Å². The molecular weight excluding hydrogens is 428 g/mol. The van der Waals surface area contributed by atoms with Crippen LogP contribution in [0.4, 0.5) is 8.78 Å². The zero-order chi connectivity index (χ0) is 23.6. The van der Waals surface area contributed by atoms with E-state index in [-0.39, 0.29) is 43.0 Å². The molecule has 2 aliphatic heterocycles. The van der Waals surface area contributed by atoms with Gasteiger partial charge < -0.3 is 20.7 Å². The molecule has 8 heteroatoms. The Morgan fingerprint density at radius 1 is 1.18 bits per heavy atom. The van der Waals surface area contributed by atoms with Gasteiger partial charge in [0, 0.05) is 36.6 Å². The van der Waals surface area contributed by atoms with E-state index in [0.717, 1.165) is 11.1 Å². The molecule has 2 amide bonds. The highest BCUT2D eigenvalue weighted by atomic mass is 19.3. The Morgan fingerprint density at radius 3 is 2.64 bits per heavy atom. The molecular formula is C25H29F2N3O3. The van der Waals surface area contributed by atoms with Gasteiger partial charge in [-0.05, 0) is 44.0 Å². The number of carbonyl (C=O) groups excluding carboxylic acids is 2. The summed E-state index contributed by atoms with van der Waals surface area (Å²) in [6.45, 7) is 2.29. The predicted octanol–water partition coefficient (Wildman–Crippen LogP) is 3.32. The summed E-state index contributed by atoms with van der Waals surface area (Å²) in [6, 6.07) is 13.0. The van der Waals surface area contributed by atoms with E-state index in [2.05, 4.69) is 16.0 Å². The number of piperidine rings is 1. The van der Waals surface area contributed by atoms with Crippen molar-refractivity contribution in [3.63, 3.8) is 0 Å². The summed E-state index contributed by atoms with van der Waals surface area (Å²) >= 11 is 0. The molecule has 2 aromatic rings. The van der Waals surface area contributed by atoms with Gasteiger partial charge in [-0.2, -0.15) is 0 Å². The van der Waals surface area contributed by atoms with Crippen LogP contribution < -0.4 is 20.7 Å². The zero-order valence-electron chi connectivity index (χ0n) is 18.8. The van der Waals surface area contributed by atoms with Crippen molar-refractivity contribution in [3.05, 3.63) is 64.7 Å². The number of rotatable bonds is 6. The number of fused-ring (bicyclic) bond motifs is 1. The maximum absolute atomic E-state index is 14.1. The molecule has 6 nitrogen and oxygen atoms in total. The van der Waals surface area contributed by atoms with E-state index >= 15 is 0 Å². The molecule has 0 spiro atoms. The first-order valence-electron chi connectivity index (χ1n) is 11.3. The van der Waals surface area contributed by atoms with Crippen LogP contribution in [0.3, 0.4) is 0 Å². The number of hydrogen-bond acceptors (Lipinski definition) is 4. The summed E-state index contributed by atoms with van der Waals surface area (Å²) < 4.78 is 34.2. The van der Waals surface area contributed by atoms with E-state index < -0.39 is 17.7 Å². The Balaban J connectivity index is 1.58. The van der Waals surface area contributed by atoms with Crippen LogP contribution in [0.15, 0.2) is 42.5 Å². The van der Waals surface area contributed by atoms with Gasteiger partial charge in [-0.1, -0.05) is 30.3 Å². The van der Waals surface area contributed by atoms with Crippen molar-refractivity contribution in [1.29, 1.82) is 0 Å². The van der Waals surface area contributed by atoms with Crippen molar-refractivity contribution in [2.75, 3.05) is 26.7 Å². The molecule has 0 radical (unpaired) electrons. The number of halogens is 2. The first kappa shape index (κ1) is 23.2. The maximum atomic E-state index is 14.1. The van der Waals surface area contributed by atoms with Crippen LogP contribution in [0.1, 0.15) is 57.5 Å². The van der Waals surface area contributed by atoms with Crippen molar-refractivity contribution in [2.24, 2.45) is 5.92 Å². The van der Waals surface area contributed by atoms with Crippen molar-refractivity contribution >= 4 is 11.8 Å². The third-order valence-corrected chi connectivity index (χ3v) is 6.52. The molecule has 3 atom stereocenters. The van der Waals surface area contributed by atoms with E-state index in [4.69, 9.17) is 4.74 Å². The van der Waals surface area contributed by atoms with Crippen LogP contribution in [0.2, 0.25) is 0 Å². The van der Waals surface area contributed by atoms with Crippen LogP contribution in [0, 0.1) is 5.92 Å². The lowest BCUT2D eigenvalue weighted by atomic mass is 9.87. The van der Waals surface area contributed by atoms with Crippen molar-refractivity contribution in [3.8, 4) is 5.75 Å². The van der Waals surface area contributed by atoms with Crippen LogP contribution >= 0.6 is 0 Å². The molecule has 1 fully saturated rings. The molecule has 0 aromatic heterocycles. The van der Waals surface area contributed by atoms with Crippen LogP contribution in [0.5, 0.6) is 5.75 Å². The van der Waals surface area contributed by atoms with Gasteiger partial charge in [0.05, 0.1) is 12.1 Å². The Bertz CT molecular complexity index is 1030. The molecule has 1 saturated heterocycles. The van der Waals surface area contributed by atoms with Gasteiger partial charge in [0.15, 0.2) is 0 Å². The van der Waals surface area contributed by atoms with E-state index in [9.17, 15) is 18.4 Å². The third kappa shape index (κ3) is 4.71. The van der Waals surface area contributed by atoms with Gasteiger partial charge in [0.25, 0.3) is 17.7 Å². The summed E-state index contributed by atoms with van der Waals surface area (Å²) in [5.41, 5.74) is 2.39. The Labute approximate surface area is 192 Å². The maximum Gasteiger partial charge on any atom is 0.263 e. The summed E-state index contributed by atoms with van der Waals surface area (Å²) in [4.78, 5) is 25.5. The normalized spacial score (nSPS) is 23.3. The van der Waals surface area contributed by atoms with E-state index in [1.807, 2.05) is 37.3 Å². The lowest BCUT2D eigenvalue weighted by Gasteiger charge is -2.31. The molecule has 3 N–H and O–H groups in total. The number of amides is 2. The number of alkyl halides is 2. The summed E-state index contributed by atoms with van der Waals surface area (Å²) in [7, 11) is 1.52. The molecule has 2 heterocycles. The first-order valence-corrected chi connectivity index (χ1v) is 11.3. The summed E-state index contributed by atoms with van der Waals surface area (Å²) in [5, 5.41) is 8.07. The van der Waals surface area contributed by atoms with Gasteiger partial charge in [-0.3, -0.25) is 9.59 Å². The van der Waals surface area contributed by atoms with Crippen molar-refractivity contribution in [1.82, 2.24) is 16.0 Å². The number of hydrogen-bond donors (Lipinski definition) is 3. The van der Waals surface area contributed by atoms with Crippen molar-refractivity contribution < 1.29 is 23.1 Å². The molecule has 2 aromatic carbocycles. The number of nitrogens with one attached hydrogen (secondary N) is 3. The van der Waals surface area contributed by atoms with E-state index in [1.54, 1.807) is 6.07 Å². The first-order chi connectivity index (χ1) is 15.8. The fourth-order valence-electron chi connectivity index (χ4n) is 4.77. The fourth-order valence-corrected chi connectivity index (χ4v) is 4.77. The fraction of sp³-hybridized carbons (Fsp3) is 0.440. The molecule has 33 heavy (non-hydrogen) atoms. The molecule has 2 aliphatic rings. The Hall–Kier alpha value is -3.00. The van der Waals surface area contributed by atoms with Gasteiger partial charge >= 0.3 is 0 Å². The second kappa shape index (κ2) is 9.47. The second-order valence-corrected chi connectivity index (χ2v) is 8.70. The monoisotopic (exact) mass is 457 g/mol. The smallest absolute Gasteiger partial charge is 0.263 e. The average molecular weight is 458 g/mol. The number of carbonyl (C=O) groups is 2. The van der Waals surface area contributed by atoms with E-state index in [1.165, 1.54) is 13.1 Å². The largest absolute Gasteiger partial charge is 0.489 e. The minimum atomic E-state index is -2.78. The van der Waals surface area contributed by atoms with Gasteiger partial charge in [-0.15, -0.1) is 0 Å². The van der Waals surface area contributed by atoms with E-state index in [0.29, 0.717) is 24.3 Å². The lowest BCUT2D eigenvalue weighted by molar-refractivity contribution is -0.0754. The number of ether oxygens (including phenoxy) is 1. The Morgan fingerprint density at radius 2 is 1.94 bits per heavy atom. The van der Waals surface area contributed by atoms with Crippen LogP contribution in [0.25, 0.3) is 0 Å². The highest BCUT2D eigenvalue weighted by molar-refractivity contribution is 6.02. The molecule has 176 valence electrons. The second-order valence-electron chi connectivity index (χ2n) is 8.70. The molecule has 0 unspecified atom stereocenters. The van der Waals surface area contributed by atoms with Gasteiger partial charge in [0.1, 0.15) is 11.9 Å². The van der Waals surface area contributed by atoms with Gasteiger partial charge in [0.2, 0.25) is 0 Å². The predicted molar refractivity (Wildman–Crippen MR) is 121 cm³/mol. The number of benzene rings is 2. The molecule has 0 aliphatic carbocycles. The average Bonchev–Trinajstić information content (AvgIpc) is 3.14. The summed E-state index contributed by atoms with van der Waals surface area (Å²) in [6.07, 6.45) is 0.350. The van der Waals surface area contributed by atoms with Crippen LogP contribution in [-0.4, -0.2) is 50.5 Å². The van der Waals surface area contributed by atoms with Crippen LogP contribution in [-0.2, 0) is 0 Å². The molecule has 0 bridgehead atoms. The Kier molecular flexibility index (Phi) is 6.65. The lowest BCUT2D eigenvalue weighted by Crippen LogP contribution is -2.47. The quantitative estimate of drug-likeness (QED) is 0.622. The third-order valence-electron chi connectivity index (χ3n) is 6.52. The topological polar surface area (TPSA) is 79.5 Å². The highest BCUT2D eigenvalue weighted by Crippen LogP contribution is 2.45. The standard InChI is InChI=1S/C25H29F2N3O3/c1-15-21(16-6-4-3-5-7-16)19-12-17(13-20(22(19)33-15)24(32)28-2)23(31)30-11-9-18-8-10-29-14-25(18,26)27/h3-7,12-13,15,18,21,29H,8-11,14H2,1-2H3,(H,28,32)(H,30,31)/t15-,18+,21+/m1/s1.